The van der Waals surface area contributed by atoms with E-state index in [1.54, 1.807) is 0 Å². The molecule has 0 saturated heterocycles. The van der Waals surface area contributed by atoms with Crippen LogP contribution in [0.3, 0.4) is 0 Å². The third kappa shape index (κ3) is 6.21. The van der Waals surface area contributed by atoms with Gasteiger partial charge in [0, 0.05) is 5.75 Å². The van der Waals surface area contributed by atoms with Crippen molar-refractivity contribution >= 4 is 11.8 Å². The van der Waals surface area contributed by atoms with Gasteiger partial charge in [-0.3, -0.25) is 0 Å². The van der Waals surface area contributed by atoms with Gasteiger partial charge >= 0.3 is 0 Å². The molecule has 0 N–H and O–H groups in total. The first-order valence-electron chi connectivity index (χ1n) is 3.83. The van der Waals surface area contributed by atoms with Crippen LogP contribution in [0.5, 0.6) is 0 Å². The van der Waals surface area contributed by atoms with Gasteiger partial charge in [0.25, 0.3) is 0 Å². The summed E-state index contributed by atoms with van der Waals surface area (Å²) in [6.07, 6.45) is 4.62. The van der Waals surface area contributed by atoms with Crippen LogP contribution in [-0.2, 0) is 0 Å². The summed E-state index contributed by atoms with van der Waals surface area (Å²) in [5, 5.41) is 0. The van der Waals surface area contributed by atoms with Crippen molar-refractivity contribution < 1.29 is 0 Å². The van der Waals surface area contributed by atoms with Crippen LogP contribution < -0.4 is 0 Å². The quantitative estimate of drug-likeness (QED) is 0.420. The molecule has 0 aliphatic carbocycles. The first-order chi connectivity index (χ1) is 4.81. The van der Waals surface area contributed by atoms with E-state index in [9.17, 15) is 0 Å². The molecule has 0 aliphatic heterocycles. The molecule has 0 aromatic heterocycles. The normalized spacial score (nSPS) is 13.0. The highest BCUT2D eigenvalue weighted by Gasteiger charge is 1.94. The second-order valence-corrected chi connectivity index (χ2v) is 3.67. The molecule has 1 unspecified atom stereocenters. The fourth-order valence-corrected chi connectivity index (χ4v) is 1.29. The van der Waals surface area contributed by atoms with Crippen LogP contribution in [0, 0.1) is 11.7 Å². The first kappa shape index (κ1) is 10.1. The smallest absolute Gasteiger partial charge is 0.0135 e. The number of rotatable bonds is 6. The zero-order chi connectivity index (χ0) is 7.82. The van der Waals surface area contributed by atoms with Gasteiger partial charge in [-0.1, -0.05) is 19.9 Å². The van der Waals surface area contributed by atoms with Crippen molar-refractivity contribution in [2.75, 3.05) is 5.75 Å². The molecule has 0 nitrogen and oxygen atoms in total. The minimum absolute atomic E-state index is 0.692. The predicted octanol–water partition coefficient (Wildman–Crippen LogP) is 3.50. The van der Waals surface area contributed by atoms with Gasteiger partial charge in [-0.25, -0.2) is 0 Å². The maximum atomic E-state index is 3.74. The maximum absolute atomic E-state index is 3.74. The van der Waals surface area contributed by atoms with Gasteiger partial charge in [-0.05, 0) is 24.5 Å². The molecule has 0 aliphatic rings. The van der Waals surface area contributed by atoms with Gasteiger partial charge in [0.1, 0.15) is 0 Å². The van der Waals surface area contributed by atoms with E-state index in [-0.39, 0.29) is 0 Å². The molecule has 0 bridgehead atoms. The molecule has 0 amide bonds. The lowest BCUT2D eigenvalue weighted by Crippen LogP contribution is -1.89. The van der Waals surface area contributed by atoms with E-state index in [4.69, 9.17) is 0 Å². The lowest BCUT2D eigenvalue weighted by molar-refractivity contribution is 0.639. The average molecular weight is 157 g/mol. The highest BCUT2D eigenvalue weighted by Crippen LogP contribution is 2.11. The molecule has 0 aromatic carbocycles. The molecule has 1 radical (unpaired) electrons. The van der Waals surface area contributed by atoms with E-state index in [0.29, 0.717) is 5.92 Å². The van der Waals surface area contributed by atoms with Gasteiger partial charge < -0.3 is 0 Å². The van der Waals surface area contributed by atoms with Crippen LogP contribution in [0.15, 0.2) is 12.7 Å². The van der Waals surface area contributed by atoms with E-state index >= 15 is 0 Å². The SMILES string of the molecule is C=CC(C)CCCS[CH]C. The molecular formula is C9H17S. The molecule has 1 atom stereocenters. The van der Waals surface area contributed by atoms with Crippen molar-refractivity contribution in [3.63, 3.8) is 0 Å². The van der Waals surface area contributed by atoms with E-state index < -0.39 is 0 Å². The van der Waals surface area contributed by atoms with Crippen LogP contribution >= 0.6 is 11.8 Å². The Bertz CT molecular complexity index is 78.8. The summed E-state index contributed by atoms with van der Waals surface area (Å²) < 4.78 is 0. The van der Waals surface area contributed by atoms with Crippen molar-refractivity contribution in [2.24, 2.45) is 5.92 Å². The number of allylic oxidation sites excluding steroid dienone is 1. The summed E-state index contributed by atoms with van der Waals surface area (Å²) in [5.41, 5.74) is 0. The second kappa shape index (κ2) is 7.20. The zero-order valence-corrected chi connectivity index (χ0v) is 7.79. The summed E-state index contributed by atoms with van der Waals surface area (Å²) in [6, 6.07) is 0. The van der Waals surface area contributed by atoms with E-state index in [2.05, 4.69) is 26.2 Å². The lowest BCUT2D eigenvalue weighted by Gasteiger charge is -2.03. The molecule has 0 spiro atoms. The summed E-state index contributed by atoms with van der Waals surface area (Å²) >= 11 is 1.90. The maximum Gasteiger partial charge on any atom is 0.0135 e. The van der Waals surface area contributed by atoms with Crippen LogP contribution in [0.4, 0.5) is 0 Å². The molecule has 0 fully saturated rings. The summed E-state index contributed by atoms with van der Waals surface area (Å²) in [5.74, 6) is 4.10. The Kier molecular flexibility index (Phi) is 7.26. The molecule has 0 heterocycles. The summed E-state index contributed by atoms with van der Waals surface area (Å²) in [6.45, 7) is 8.05. The van der Waals surface area contributed by atoms with Gasteiger partial charge in [0.05, 0.1) is 0 Å². The highest BCUT2D eigenvalue weighted by molar-refractivity contribution is 8.01. The molecule has 0 rings (SSSR count). The first-order valence-corrected chi connectivity index (χ1v) is 4.88. The Morgan fingerprint density at radius 3 is 2.80 bits per heavy atom. The Hall–Kier alpha value is 0.0900. The van der Waals surface area contributed by atoms with Gasteiger partial charge in [-0.2, -0.15) is 11.8 Å². The second-order valence-electron chi connectivity index (χ2n) is 2.46. The van der Waals surface area contributed by atoms with Crippen molar-refractivity contribution in [3.05, 3.63) is 18.4 Å². The van der Waals surface area contributed by atoms with E-state index in [1.165, 1.54) is 18.6 Å². The Balaban J connectivity index is 2.95. The van der Waals surface area contributed by atoms with Crippen molar-refractivity contribution in [2.45, 2.75) is 26.7 Å². The van der Waals surface area contributed by atoms with Gasteiger partial charge in [0.15, 0.2) is 0 Å². The van der Waals surface area contributed by atoms with Gasteiger partial charge in [0.2, 0.25) is 0 Å². The molecule has 1 heteroatoms. The van der Waals surface area contributed by atoms with Crippen molar-refractivity contribution in [1.82, 2.24) is 0 Å². The molecular weight excluding hydrogens is 140 g/mol. The minimum Gasteiger partial charge on any atom is -0.158 e. The fourth-order valence-electron chi connectivity index (χ4n) is 0.724. The Morgan fingerprint density at radius 2 is 2.30 bits per heavy atom. The molecule has 10 heavy (non-hydrogen) atoms. The Morgan fingerprint density at radius 1 is 1.60 bits per heavy atom. The highest BCUT2D eigenvalue weighted by atomic mass is 32.2. The van der Waals surface area contributed by atoms with E-state index in [0.717, 1.165) is 0 Å². The monoisotopic (exact) mass is 157 g/mol. The Labute approximate surface area is 69.1 Å². The van der Waals surface area contributed by atoms with Crippen LogP contribution in [0.1, 0.15) is 26.7 Å². The summed E-state index contributed by atoms with van der Waals surface area (Å²) in [7, 11) is 0. The molecule has 0 aromatic rings. The third-order valence-electron chi connectivity index (χ3n) is 1.49. The van der Waals surface area contributed by atoms with Crippen LogP contribution in [-0.4, -0.2) is 5.75 Å². The zero-order valence-electron chi connectivity index (χ0n) is 6.97. The molecule has 0 saturated carbocycles. The van der Waals surface area contributed by atoms with Crippen molar-refractivity contribution in [3.8, 4) is 0 Å². The van der Waals surface area contributed by atoms with E-state index in [1.807, 2.05) is 17.8 Å². The topological polar surface area (TPSA) is 0 Å². The number of hydrogen-bond donors (Lipinski definition) is 0. The van der Waals surface area contributed by atoms with Crippen LogP contribution in [0.2, 0.25) is 0 Å². The van der Waals surface area contributed by atoms with Crippen molar-refractivity contribution in [1.29, 1.82) is 0 Å². The lowest BCUT2D eigenvalue weighted by atomic mass is 10.1. The molecule has 59 valence electrons. The summed E-state index contributed by atoms with van der Waals surface area (Å²) in [4.78, 5) is 0. The van der Waals surface area contributed by atoms with Gasteiger partial charge in [-0.15, -0.1) is 6.58 Å². The number of hydrogen-bond acceptors (Lipinski definition) is 1. The largest absolute Gasteiger partial charge is 0.158 e. The average Bonchev–Trinajstić information content (AvgIpc) is 1.98. The number of thioether (sulfide) groups is 1. The third-order valence-corrected chi connectivity index (χ3v) is 2.35. The van der Waals surface area contributed by atoms with Crippen LogP contribution in [0.25, 0.3) is 0 Å². The fraction of sp³-hybridized carbons (Fsp3) is 0.667. The minimum atomic E-state index is 0.692. The predicted molar refractivity (Wildman–Crippen MR) is 51.0 cm³/mol. The standard InChI is InChI=1S/C9H17S/c1-4-9(3)7-6-8-10-5-2/h4-5,9H,1,6-8H2,2-3H3.